The van der Waals surface area contributed by atoms with Crippen molar-refractivity contribution in [3.8, 4) is 0 Å². The van der Waals surface area contributed by atoms with Gasteiger partial charge < -0.3 is 18.9 Å². The van der Waals surface area contributed by atoms with Crippen molar-refractivity contribution in [3.05, 3.63) is 11.6 Å². The Labute approximate surface area is 185 Å². The van der Waals surface area contributed by atoms with Crippen molar-refractivity contribution < 1.29 is 33.3 Å². The molecule has 0 N–H and O–H groups in total. The second kappa shape index (κ2) is 10.7. The van der Waals surface area contributed by atoms with Crippen molar-refractivity contribution in [3.63, 3.8) is 0 Å². The van der Waals surface area contributed by atoms with E-state index in [2.05, 4.69) is 0 Å². The number of esters is 2. The number of carbonyl (C=O) groups excluding carboxylic acids is 3. The van der Waals surface area contributed by atoms with E-state index in [1.165, 1.54) is 13.8 Å². The number of ether oxygens (including phenoxy) is 4. The van der Waals surface area contributed by atoms with Crippen LogP contribution in [0.1, 0.15) is 80.1 Å². The summed E-state index contributed by atoms with van der Waals surface area (Å²) < 4.78 is 22.3. The first-order valence-electron chi connectivity index (χ1n) is 11.3. The molecule has 2 aliphatic heterocycles. The molecule has 2 fully saturated rings. The van der Waals surface area contributed by atoms with Crippen LogP contribution in [0.2, 0.25) is 0 Å². The first kappa shape index (κ1) is 25.5. The van der Waals surface area contributed by atoms with E-state index in [9.17, 15) is 14.4 Å². The lowest BCUT2D eigenvalue weighted by molar-refractivity contribution is -0.154. The molecule has 0 bridgehead atoms. The molecule has 2 rings (SSSR count). The van der Waals surface area contributed by atoms with Gasteiger partial charge >= 0.3 is 11.9 Å². The predicted molar refractivity (Wildman–Crippen MR) is 115 cm³/mol. The Bertz CT molecular complexity index is 696. The monoisotopic (exact) mass is 438 g/mol. The molecule has 0 aliphatic carbocycles. The van der Waals surface area contributed by atoms with Crippen LogP contribution in [0.15, 0.2) is 11.6 Å². The maximum Gasteiger partial charge on any atom is 0.302 e. The molecule has 0 aromatic rings. The van der Waals surface area contributed by atoms with E-state index < -0.39 is 0 Å². The molecule has 4 atom stereocenters. The molecule has 0 saturated carbocycles. The zero-order valence-electron chi connectivity index (χ0n) is 19.8. The number of carbonyl (C=O) groups is 3. The minimum atomic E-state index is -0.349. The molecule has 2 saturated heterocycles. The number of epoxide rings is 1. The van der Waals surface area contributed by atoms with Crippen LogP contribution in [0.3, 0.4) is 0 Å². The molecule has 7 nitrogen and oxygen atoms in total. The Kier molecular flexibility index (Phi) is 8.83. The van der Waals surface area contributed by atoms with Crippen LogP contribution in [0.4, 0.5) is 0 Å². The lowest BCUT2D eigenvalue weighted by atomic mass is 9.87. The SMILES string of the molecule is CC(=O)OC/C=C1\CC[C@@H](OC(C)=O)[C@H](CCCC(C)C(=O)CC2(C)OC2(C)C)OC1. The van der Waals surface area contributed by atoms with E-state index in [0.717, 1.165) is 24.8 Å². The fourth-order valence-corrected chi connectivity index (χ4v) is 4.04. The maximum absolute atomic E-state index is 12.6. The molecule has 2 aliphatic rings. The molecule has 0 amide bonds. The summed E-state index contributed by atoms with van der Waals surface area (Å²) in [6.45, 7) is 11.4. The maximum atomic E-state index is 12.6. The van der Waals surface area contributed by atoms with Gasteiger partial charge in [-0.1, -0.05) is 13.3 Å². The van der Waals surface area contributed by atoms with E-state index in [1.54, 1.807) is 0 Å². The fraction of sp³-hybridized carbons (Fsp3) is 0.792. The van der Waals surface area contributed by atoms with Crippen LogP contribution in [0.25, 0.3) is 0 Å². The zero-order chi connectivity index (χ0) is 23.2. The average Bonchev–Trinajstić information content (AvgIpc) is 3.22. The summed E-state index contributed by atoms with van der Waals surface area (Å²) >= 11 is 0. The molecule has 0 aromatic carbocycles. The first-order valence-corrected chi connectivity index (χ1v) is 11.3. The summed E-state index contributed by atoms with van der Waals surface area (Å²) in [5.41, 5.74) is 0.455. The Morgan fingerprint density at radius 1 is 1.19 bits per heavy atom. The summed E-state index contributed by atoms with van der Waals surface area (Å²) in [5.74, 6) is -0.470. The molecular weight excluding hydrogens is 400 g/mol. The van der Waals surface area contributed by atoms with Crippen LogP contribution in [0.5, 0.6) is 0 Å². The topological polar surface area (TPSA) is 91.4 Å². The van der Waals surface area contributed by atoms with Gasteiger partial charge in [0.05, 0.1) is 18.3 Å². The zero-order valence-corrected chi connectivity index (χ0v) is 19.8. The third kappa shape index (κ3) is 7.72. The summed E-state index contributed by atoms with van der Waals surface area (Å²) in [5, 5.41) is 0. The van der Waals surface area contributed by atoms with E-state index >= 15 is 0 Å². The van der Waals surface area contributed by atoms with Crippen LogP contribution in [0, 0.1) is 5.92 Å². The molecule has 0 spiro atoms. The number of hydrogen-bond acceptors (Lipinski definition) is 7. The normalized spacial score (nSPS) is 29.7. The quantitative estimate of drug-likeness (QED) is 0.290. The summed E-state index contributed by atoms with van der Waals surface area (Å²) in [6.07, 6.45) is 5.43. The highest BCUT2D eigenvalue weighted by atomic mass is 16.6. The highest BCUT2D eigenvalue weighted by molar-refractivity contribution is 5.82. The van der Waals surface area contributed by atoms with E-state index in [1.807, 2.05) is 33.8 Å². The van der Waals surface area contributed by atoms with Crippen LogP contribution < -0.4 is 0 Å². The second-order valence-electron chi connectivity index (χ2n) is 9.52. The molecule has 0 aromatic heterocycles. The van der Waals surface area contributed by atoms with Gasteiger partial charge in [-0.05, 0) is 58.1 Å². The summed E-state index contributed by atoms with van der Waals surface area (Å²) in [4.78, 5) is 35.1. The van der Waals surface area contributed by atoms with Gasteiger partial charge in [-0.2, -0.15) is 0 Å². The smallest absolute Gasteiger partial charge is 0.302 e. The van der Waals surface area contributed by atoms with Crippen LogP contribution in [-0.2, 0) is 33.3 Å². The van der Waals surface area contributed by atoms with Crippen molar-refractivity contribution in [1.82, 2.24) is 0 Å². The molecule has 2 heterocycles. The first-order chi connectivity index (χ1) is 14.4. The number of rotatable bonds is 10. The fourth-order valence-electron chi connectivity index (χ4n) is 4.04. The van der Waals surface area contributed by atoms with Crippen molar-refractivity contribution in [2.75, 3.05) is 13.2 Å². The van der Waals surface area contributed by atoms with Gasteiger partial charge in [-0.3, -0.25) is 14.4 Å². The molecule has 176 valence electrons. The van der Waals surface area contributed by atoms with E-state index in [0.29, 0.717) is 25.9 Å². The third-order valence-corrected chi connectivity index (χ3v) is 6.52. The minimum absolute atomic E-state index is 0.0473. The van der Waals surface area contributed by atoms with Crippen LogP contribution >= 0.6 is 0 Å². The highest BCUT2D eigenvalue weighted by Crippen LogP contribution is 2.50. The van der Waals surface area contributed by atoms with Gasteiger partial charge in [-0.25, -0.2) is 0 Å². The van der Waals surface area contributed by atoms with Crippen molar-refractivity contribution in [1.29, 1.82) is 0 Å². The average molecular weight is 439 g/mol. The Balaban J connectivity index is 1.84. The van der Waals surface area contributed by atoms with Crippen molar-refractivity contribution >= 4 is 17.7 Å². The Morgan fingerprint density at radius 2 is 1.87 bits per heavy atom. The largest absolute Gasteiger partial charge is 0.462 e. The Morgan fingerprint density at radius 3 is 2.45 bits per heavy atom. The van der Waals surface area contributed by atoms with E-state index in [4.69, 9.17) is 18.9 Å². The van der Waals surface area contributed by atoms with Crippen molar-refractivity contribution in [2.45, 2.75) is 103 Å². The second-order valence-corrected chi connectivity index (χ2v) is 9.52. The van der Waals surface area contributed by atoms with Gasteiger partial charge in [0.2, 0.25) is 0 Å². The van der Waals surface area contributed by atoms with Gasteiger partial charge in [0.15, 0.2) is 0 Å². The Hall–Kier alpha value is -1.73. The van der Waals surface area contributed by atoms with Crippen molar-refractivity contribution in [2.24, 2.45) is 5.92 Å². The number of hydrogen-bond donors (Lipinski definition) is 0. The molecule has 31 heavy (non-hydrogen) atoms. The van der Waals surface area contributed by atoms with Gasteiger partial charge in [0.1, 0.15) is 24.1 Å². The number of Topliss-reactive ketones (excluding diaryl/α,β-unsaturated/α-hetero) is 1. The molecule has 0 radical (unpaired) electrons. The van der Waals surface area contributed by atoms with Gasteiger partial charge in [0, 0.05) is 26.2 Å². The summed E-state index contributed by atoms with van der Waals surface area (Å²) in [6, 6.07) is 0. The lowest BCUT2D eigenvalue weighted by Gasteiger charge is -2.24. The van der Waals surface area contributed by atoms with Crippen LogP contribution in [-0.4, -0.2) is 54.3 Å². The van der Waals surface area contributed by atoms with Gasteiger partial charge in [-0.15, -0.1) is 0 Å². The highest BCUT2D eigenvalue weighted by Gasteiger charge is 2.60. The standard InChI is InChI=1S/C24H38O7/c1-16(20(27)14-24(6)23(4,5)31-24)8-7-9-21-22(30-18(3)26)11-10-19(15-29-21)12-13-28-17(2)25/h12,16,21-22H,7-11,13-15H2,1-6H3/b19-12+/t16?,21-,22+,24?/m0/s1. The van der Waals surface area contributed by atoms with E-state index in [-0.39, 0.29) is 53.7 Å². The lowest BCUT2D eigenvalue weighted by Crippen LogP contribution is -2.32. The van der Waals surface area contributed by atoms with Gasteiger partial charge in [0.25, 0.3) is 0 Å². The number of ketones is 1. The molecule has 2 unspecified atom stereocenters. The third-order valence-electron chi connectivity index (χ3n) is 6.52. The minimum Gasteiger partial charge on any atom is -0.462 e. The molecular formula is C24H38O7. The molecule has 7 heteroatoms. The predicted octanol–water partition coefficient (Wildman–Crippen LogP) is 3.92. The summed E-state index contributed by atoms with van der Waals surface area (Å²) in [7, 11) is 0.